The van der Waals surface area contributed by atoms with Crippen LogP contribution >= 0.6 is 0 Å². The smallest absolute Gasteiger partial charge is 0.258 e. The van der Waals surface area contributed by atoms with Crippen molar-refractivity contribution in [1.29, 1.82) is 0 Å². The van der Waals surface area contributed by atoms with Gasteiger partial charge in [0.05, 0.1) is 42.6 Å². The van der Waals surface area contributed by atoms with Crippen LogP contribution in [0.5, 0.6) is 5.75 Å². The van der Waals surface area contributed by atoms with Crippen molar-refractivity contribution in [2.75, 3.05) is 31.6 Å². The Labute approximate surface area is 174 Å². The maximum atomic E-state index is 13.3. The summed E-state index contributed by atoms with van der Waals surface area (Å²) in [5, 5.41) is 9.72. The maximum Gasteiger partial charge on any atom is 0.258 e. The standard InChI is InChI=1S/C23H24N4O3/c1-30-20-8-4-5-16(14-28)22(20)23(29)26-10-9-15-12-27(19(15)13-26)21-11-24-17-6-2-3-7-18(17)25-21/h2-8,11,15,19,28H,9-10,12-14H2,1H3. The first-order valence-electron chi connectivity index (χ1n) is 10.2. The molecule has 7 nitrogen and oxygen atoms in total. The van der Waals surface area contributed by atoms with E-state index in [-0.39, 0.29) is 18.6 Å². The van der Waals surface area contributed by atoms with Gasteiger partial charge >= 0.3 is 0 Å². The predicted octanol–water partition coefficient (Wildman–Crippen LogP) is 2.48. The van der Waals surface area contributed by atoms with Crippen molar-refractivity contribution in [3.63, 3.8) is 0 Å². The number of aliphatic hydroxyl groups excluding tert-OH is 1. The fraction of sp³-hybridized carbons (Fsp3) is 0.348. The van der Waals surface area contributed by atoms with Gasteiger partial charge in [0.1, 0.15) is 11.6 Å². The summed E-state index contributed by atoms with van der Waals surface area (Å²) < 4.78 is 5.41. The Morgan fingerprint density at radius 3 is 2.80 bits per heavy atom. The number of nitrogens with zero attached hydrogens (tertiary/aromatic N) is 4. The molecule has 1 amide bonds. The van der Waals surface area contributed by atoms with Crippen LogP contribution in [0.25, 0.3) is 11.0 Å². The monoisotopic (exact) mass is 404 g/mol. The summed E-state index contributed by atoms with van der Waals surface area (Å²) in [7, 11) is 1.55. The molecule has 0 saturated carbocycles. The number of piperidine rings is 1. The summed E-state index contributed by atoms with van der Waals surface area (Å²) in [6.45, 7) is 2.08. The number of hydrogen-bond donors (Lipinski definition) is 1. The first-order valence-corrected chi connectivity index (χ1v) is 10.2. The number of rotatable bonds is 4. The van der Waals surface area contributed by atoms with Crippen molar-refractivity contribution < 1.29 is 14.6 Å². The van der Waals surface area contributed by atoms with Gasteiger partial charge in [0.2, 0.25) is 0 Å². The van der Waals surface area contributed by atoms with Crippen LogP contribution in [-0.4, -0.2) is 58.7 Å². The number of ether oxygens (including phenoxy) is 1. The lowest BCUT2D eigenvalue weighted by Crippen LogP contribution is -2.65. The van der Waals surface area contributed by atoms with Crippen molar-refractivity contribution in [3.05, 3.63) is 59.8 Å². The quantitative estimate of drug-likeness (QED) is 0.720. The Balaban J connectivity index is 1.39. The first-order chi connectivity index (χ1) is 14.7. The highest BCUT2D eigenvalue weighted by Crippen LogP contribution is 2.37. The zero-order valence-corrected chi connectivity index (χ0v) is 16.9. The van der Waals surface area contributed by atoms with Crippen molar-refractivity contribution >= 4 is 22.8 Å². The molecule has 0 aliphatic carbocycles. The summed E-state index contributed by atoms with van der Waals surface area (Å²) in [6.07, 6.45) is 2.78. The van der Waals surface area contributed by atoms with Crippen molar-refractivity contribution in [1.82, 2.24) is 14.9 Å². The summed E-state index contributed by atoms with van der Waals surface area (Å²) in [6, 6.07) is 13.4. The summed E-state index contributed by atoms with van der Waals surface area (Å²) in [4.78, 5) is 26.8. The number of methoxy groups -OCH3 is 1. The number of carbonyl (C=O) groups excluding carboxylic acids is 1. The Morgan fingerprint density at radius 2 is 2.00 bits per heavy atom. The number of aliphatic hydroxyl groups is 1. The number of aromatic nitrogens is 2. The lowest BCUT2D eigenvalue weighted by atomic mass is 9.82. The Hall–Kier alpha value is -3.19. The van der Waals surface area contributed by atoms with Gasteiger partial charge in [-0.25, -0.2) is 4.98 Å². The number of carbonyl (C=O) groups is 1. The zero-order valence-electron chi connectivity index (χ0n) is 16.9. The molecule has 1 N–H and O–H groups in total. The average molecular weight is 404 g/mol. The minimum atomic E-state index is -0.197. The van der Waals surface area contributed by atoms with Crippen LogP contribution in [0, 0.1) is 5.92 Å². The van der Waals surface area contributed by atoms with Gasteiger partial charge in [-0.1, -0.05) is 24.3 Å². The van der Waals surface area contributed by atoms with E-state index in [9.17, 15) is 9.90 Å². The van der Waals surface area contributed by atoms with Crippen LogP contribution in [-0.2, 0) is 6.61 Å². The zero-order chi connectivity index (χ0) is 20.7. The molecule has 2 aliphatic heterocycles. The van der Waals surface area contributed by atoms with Gasteiger partial charge in [0.15, 0.2) is 0 Å². The third-order valence-electron chi connectivity index (χ3n) is 6.29. The van der Waals surface area contributed by atoms with Crippen LogP contribution in [0.3, 0.4) is 0 Å². The molecule has 0 radical (unpaired) electrons. The molecule has 2 atom stereocenters. The molecule has 2 saturated heterocycles. The van der Waals surface area contributed by atoms with E-state index in [1.54, 1.807) is 25.3 Å². The molecule has 5 rings (SSSR count). The van der Waals surface area contributed by atoms with Gasteiger partial charge in [-0.05, 0) is 30.2 Å². The van der Waals surface area contributed by atoms with Gasteiger partial charge in [-0.3, -0.25) is 9.78 Å². The van der Waals surface area contributed by atoms with E-state index in [4.69, 9.17) is 9.72 Å². The number of likely N-dealkylation sites (tertiary alicyclic amines) is 1. The van der Waals surface area contributed by atoms with Crippen molar-refractivity contribution in [2.45, 2.75) is 19.1 Å². The van der Waals surface area contributed by atoms with E-state index in [2.05, 4.69) is 9.88 Å². The SMILES string of the molecule is COc1cccc(CO)c1C(=O)N1CCC2CN(c3cnc4ccccc4n3)C2C1. The average Bonchev–Trinajstić information content (AvgIpc) is 2.78. The minimum absolute atomic E-state index is 0.0913. The highest BCUT2D eigenvalue weighted by molar-refractivity contribution is 5.98. The number of amides is 1. The third-order valence-corrected chi connectivity index (χ3v) is 6.29. The second-order valence-electron chi connectivity index (χ2n) is 7.89. The van der Waals surface area contributed by atoms with Crippen LogP contribution in [0.1, 0.15) is 22.3 Å². The third kappa shape index (κ3) is 3.06. The first kappa shape index (κ1) is 18.8. The Kier molecular flexibility index (Phi) is 4.75. The van der Waals surface area contributed by atoms with Crippen LogP contribution in [0.4, 0.5) is 5.82 Å². The molecular formula is C23H24N4O3. The van der Waals surface area contributed by atoms with Crippen LogP contribution in [0.15, 0.2) is 48.7 Å². The Morgan fingerprint density at radius 1 is 1.17 bits per heavy atom. The summed E-state index contributed by atoms with van der Waals surface area (Å²) in [5.74, 6) is 1.82. The van der Waals surface area contributed by atoms with Crippen LogP contribution in [0.2, 0.25) is 0 Å². The second kappa shape index (κ2) is 7.57. The molecule has 3 aromatic rings. The fourth-order valence-electron chi connectivity index (χ4n) is 4.61. The molecule has 1 aromatic heterocycles. The lowest BCUT2D eigenvalue weighted by Gasteiger charge is -2.54. The number of para-hydroxylation sites is 2. The molecule has 2 aliphatic rings. The fourth-order valence-corrected chi connectivity index (χ4v) is 4.61. The largest absolute Gasteiger partial charge is 0.496 e. The van der Waals surface area contributed by atoms with Crippen molar-refractivity contribution in [3.8, 4) is 5.75 Å². The molecule has 0 bridgehead atoms. The molecule has 2 aromatic carbocycles. The van der Waals surface area contributed by atoms with Gasteiger partial charge in [0.25, 0.3) is 5.91 Å². The maximum absolute atomic E-state index is 13.3. The van der Waals surface area contributed by atoms with Gasteiger partial charge in [0, 0.05) is 25.6 Å². The topological polar surface area (TPSA) is 78.8 Å². The molecule has 0 spiro atoms. The van der Waals surface area contributed by atoms with E-state index in [0.29, 0.717) is 35.9 Å². The number of hydrogen-bond acceptors (Lipinski definition) is 6. The minimum Gasteiger partial charge on any atom is -0.496 e. The summed E-state index contributed by atoms with van der Waals surface area (Å²) >= 11 is 0. The van der Waals surface area contributed by atoms with Gasteiger partial charge in [-0.2, -0.15) is 0 Å². The van der Waals surface area contributed by atoms with Crippen molar-refractivity contribution in [2.24, 2.45) is 5.92 Å². The molecule has 7 heteroatoms. The highest BCUT2D eigenvalue weighted by atomic mass is 16.5. The molecule has 2 unspecified atom stereocenters. The number of anilines is 1. The predicted molar refractivity (Wildman–Crippen MR) is 114 cm³/mol. The summed E-state index contributed by atoms with van der Waals surface area (Å²) in [5.41, 5.74) is 2.81. The molecule has 2 fully saturated rings. The van der Waals surface area contributed by atoms with E-state index >= 15 is 0 Å². The van der Waals surface area contributed by atoms with Crippen LogP contribution < -0.4 is 9.64 Å². The molecular weight excluding hydrogens is 380 g/mol. The number of benzene rings is 2. The van der Waals surface area contributed by atoms with Gasteiger partial charge in [-0.15, -0.1) is 0 Å². The number of fused-ring (bicyclic) bond motifs is 2. The van der Waals surface area contributed by atoms with E-state index in [1.165, 1.54) is 0 Å². The Bertz CT molecular complexity index is 1080. The molecule has 154 valence electrons. The lowest BCUT2D eigenvalue weighted by molar-refractivity contribution is 0.0585. The van der Waals surface area contributed by atoms with E-state index < -0.39 is 0 Å². The van der Waals surface area contributed by atoms with E-state index in [1.807, 2.05) is 35.4 Å². The molecule has 30 heavy (non-hydrogen) atoms. The second-order valence-corrected chi connectivity index (χ2v) is 7.89. The molecule has 3 heterocycles. The van der Waals surface area contributed by atoms with Gasteiger partial charge < -0.3 is 19.6 Å². The normalized spacial score (nSPS) is 20.6. The highest BCUT2D eigenvalue weighted by Gasteiger charge is 2.44. The van der Waals surface area contributed by atoms with E-state index in [0.717, 1.165) is 29.8 Å².